The first-order valence-corrected chi connectivity index (χ1v) is 6.65. The minimum atomic E-state index is -1.29. The van der Waals surface area contributed by atoms with E-state index in [1.165, 1.54) is 6.07 Å². The minimum absolute atomic E-state index is 0.0562. The first-order chi connectivity index (χ1) is 9.90. The van der Waals surface area contributed by atoms with Crippen molar-refractivity contribution in [2.45, 2.75) is 18.5 Å². The second kappa shape index (κ2) is 6.19. The van der Waals surface area contributed by atoms with Gasteiger partial charge in [0.1, 0.15) is 11.4 Å². The van der Waals surface area contributed by atoms with Crippen molar-refractivity contribution in [3.63, 3.8) is 0 Å². The highest BCUT2D eigenvalue weighted by Gasteiger charge is 2.41. The van der Waals surface area contributed by atoms with Crippen molar-refractivity contribution in [2.24, 2.45) is 5.73 Å². The normalized spacial score (nSPS) is 22.2. The van der Waals surface area contributed by atoms with Crippen molar-refractivity contribution in [1.82, 2.24) is 10.2 Å². The lowest BCUT2D eigenvalue weighted by atomic mass is 10.0. The molecule has 1 aliphatic rings. The number of aliphatic carboxylic acids is 1. The van der Waals surface area contributed by atoms with Gasteiger partial charge in [0.15, 0.2) is 0 Å². The molecule has 2 rings (SSSR count). The molecule has 4 N–H and O–H groups in total. The maximum Gasteiger partial charge on any atom is 0.325 e. The van der Waals surface area contributed by atoms with Crippen LogP contribution in [0.25, 0.3) is 0 Å². The van der Waals surface area contributed by atoms with Crippen molar-refractivity contribution in [1.29, 1.82) is 0 Å². The number of carbonyl (C=O) groups excluding carboxylic acids is 1. The van der Waals surface area contributed by atoms with Gasteiger partial charge in [0, 0.05) is 25.2 Å². The van der Waals surface area contributed by atoms with Crippen molar-refractivity contribution in [3.8, 4) is 0 Å². The lowest BCUT2D eigenvalue weighted by molar-refractivity contribution is -0.143. The van der Waals surface area contributed by atoms with E-state index in [1.807, 2.05) is 0 Å². The predicted octanol–water partition coefficient (Wildman–Crippen LogP) is -0.0703. The molecular weight excluding hydrogens is 277 g/mol. The molecule has 0 bridgehead atoms. The van der Waals surface area contributed by atoms with Crippen LogP contribution >= 0.6 is 0 Å². The van der Waals surface area contributed by atoms with Gasteiger partial charge in [0.25, 0.3) is 0 Å². The predicted molar refractivity (Wildman–Crippen MR) is 73.9 cm³/mol. The molecule has 21 heavy (non-hydrogen) atoms. The molecule has 0 spiro atoms. The number of nitrogens with two attached hydrogens (primary N) is 1. The Kier molecular flexibility index (Phi) is 4.54. The van der Waals surface area contributed by atoms with Crippen LogP contribution in [0.4, 0.5) is 4.39 Å². The number of halogens is 1. The van der Waals surface area contributed by atoms with Crippen LogP contribution in [0, 0.1) is 5.82 Å². The molecule has 1 aromatic rings. The van der Waals surface area contributed by atoms with Crippen LogP contribution in [-0.2, 0) is 16.1 Å². The van der Waals surface area contributed by atoms with E-state index in [1.54, 1.807) is 23.1 Å². The standard InChI is InChI=1S/C14H18FN3O3/c15-11-4-2-1-3-10(11)7-17-12(19)8-18-6-5-14(16,9-18)13(20)21/h1-4H,5-9,16H2,(H,17,19)(H,20,21). The van der Waals surface area contributed by atoms with Crippen molar-refractivity contribution >= 4 is 11.9 Å². The number of nitrogens with one attached hydrogen (secondary N) is 1. The topological polar surface area (TPSA) is 95.7 Å². The quantitative estimate of drug-likeness (QED) is 0.707. The highest BCUT2D eigenvalue weighted by Crippen LogP contribution is 2.18. The number of hydrogen-bond acceptors (Lipinski definition) is 4. The van der Waals surface area contributed by atoms with Gasteiger partial charge < -0.3 is 16.2 Å². The lowest BCUT2D eigenvalue weighted by Gasteiger charge is -2.19. The number of carbonyl (C=O) groups is 2. The zero-order valence-electron chi connectivity index (χ0n) is 11.5. The average molecular weight is 295 g/mol. The van der Waals surface area contributed by atoms with Crippen LogP contribution in [0.15, 0.2) is 24.3 Å². The van der Waals surface area contributed by atoms with Gasteiger partial charge in [-0.3, -0.25) is 14.5 Å². The molecule has 114 valence electrons. The van der Waals surface area contributed by atoms with E-state index in [9.17, 15) is 14.0 Å². The van der Waals surface area contributed by atoms with Crippen molar-refractivity contribution < 1.29 is 19.1 Å². The number of carboxylic acids is 1. The van der Waals surface area contributed by atoms with Gasteiger partial charge in [-0.15, -0.1) is 0 Å². The Balaban J connectivity index is 1.81. The number of amides is 1. The number of benzene rings is 1. The third-order valence-corrected chi connectivity index (χ3v) is 3.61. The van der Waals surface area contributed by atoms with Crippen LogP contribution in [0.2, 0.25) is 0 Å². The Morgan fingerprint density at radius 2 is 2.14 bits per heavy atom. The molecule has 6 nitrogen and oxygen atoms in total. The Morgan fingerprint density at radius 1 is 1.43 bits per heavy atom. The molecule has 1 saturated heterocycles. The summed E-state index contributed by atoms with van der Waals surface area (Å²) < 4.78 is 13.4. The summed E-state index contributed by atoms with van der Waals surface area (Å²) in [5.74, 6) is -1.71. The second-order valence-electron chi connectivity index (χ2n) is 5.29. The average Bonchev–Trinajstić information content (AvgIpc) is 2.81. The summed E-state index contributed by atoms with van der Waals surface area (Å²) >= 11 is 0. The number of likely N-dealkylation sites (tertiary alicyclic amines) is 1. The number of nitrogens with zero attached hydrogens (tertiary/aromatic N) is 1. The SMILES string of the molecule is NC1(C(=O)O)CCN(CC(=O)NCc2ccccc2F)C1. The molecule has 1 atom stereocenters. The first kappa shape index (κ1) is 15.4. The number of rotatable bonds is 5. The Hall–Kier alpha value is -1.99. The maximum atomic E-state index is 13.4. The minimum Gasteiger partial charge on any atom is -0.480 e. The molecule has 0 radical (unpaired) electrons. The Bertz CT molecular complexity index is 552. The van der Waals surface area contributed by atoms with Gasteiger partial charge in [-0.2, -0.15) is 0 Å². The summed E-state index contributed by atoms with van der Waals surface area (Å²) in [6, 6.07) is 6.21. The largest absolute Gasteiger partial charge is 0.480 e. The molecule has 1 heterocycles. The van der Waals surface area contributed by atoms with Gasteiger partial charge in [0.2, 0.25) is 5.91 Å². The fourth-order valence-electron chi connectivity index (χ4n) is 2.32. The Labute approximate surface area is 121 Å². The van der Waals surface area contributed by atoms with Crippen LogP contribution in [0.3, 0.4) is 0 Å². The fraction of sp³-hybridized carbons (Fsp3) is 0.429. The van der Waals surface area contributed by atoms with Gasteiger partial charge in [-0.1, -0.05) is 18.2 Å². The molecule has 0 aromatic heterocycles. The van der Waals surface area contributed by atoms with Crippen LogP contribution in [0.5, 0.6) is 0 Å². The molecule has 1 fully saturated rings. The Morgan fingerprint density at radius 3 is 2.76 bits per heavy atom. The second-order valence-corrected chi connectivity index (χ2v) is 5.29. The van der Waals surface area contributed by atoms with Gasteiger partial charge in [0.05, 0.1) is 6.54 Å². The van der Waals surface area contributed by atoms with Gasteiger partial charge in [-0.05, 0) is 12.5 Å². The zero-order valence-corrected chi connectivity index (χ0v) is 11.5. The zero-order chi connectivity index (χ0) is 15.5. The molecule has 1 aliphatic heterocycles. The van der Waals surface area contributed by atoms with E-state index in [0.29, 0.717) is 18.5 Å². The van der Waals surface area contributed by atoms with E-state index in [0.717, 1.165) is 0 Å². The van der Waals surface area contributed by atoms with Gasteiger partial charge in [-0.25, -0.2) is 4.39 Å². The molecule has 1 aromatic carbocycles. The highest BCUT2D eigenvalue weighted by molar-refractivity contribution is 5.80. The molecule has 7 heteroatoms. The van der Waals surface area contributed by atoms with Crippen molar-refractivity contribution in [2.75, 3.05) is 19.6 Å². The molecule has 1 amide bonds. The van der Waals surface area contributed by atoms with E-state index in [-0.39, 0.29) is 31.4 Å². The lowest BCUT2D eigenvalue weighted by Crippen LogP contribution is -2.50. The van der Waals surface area contributed by atoms with E-state index in [4.69, 9.17) is 10.8 Å². The highest BCUT2D eigenvalue weighted by atomic mass is 19.1. The first-order valence-electron chi connectivity index (χ1n) is 6.65. The smallest absolute Gasteiger partial charge is 0.325 e. The van der Waals surface area contributed by atoms with Gasteiger partial charge >= 0.3 is 5.97 Å². The van der Waals surface area contributed by atoms with E-state index in [2.05, 4.69) is 5.32 Å². The molecule has 0 aliphatic carbocycles. The third kappa shape index (κ3) is 3.77. The molecule has 1 unspecified atom stereocenters. The summed E-state index contributed by atoms with van der Waals surface area (Å²) in [5, 5.41) is 11.6. The third-order valence-electron chi connectivity index (χ3n) is 3.61. The summed E-state index contributed by atoms with van der Waals surface area (Å²) in [6.07, 6.45) is 0.308. The van der Waals surface area contributed by atoms with Crippen LogP contribution in [0.1, 0.15) is 12.0 Å². The summed E-state index contributed by atoms with van der Waals surface area (Å²) in [7, 11) is 0. The summed E-state index contributed by atoms with van der Waals surface area (Å²) in [6.45, 7) is 0.748. The van der Waals surface area contributed by atoms with E-state index >= 15 is 0 Å². The number of hydrogen-bond donors (Lipinski definition) is 3. The fourth-order valence-corrected chi connectivity index (χ4v) is 2.32. The van der Waals surface area contributed by atoms with E-state index < -0.39 is 11.5 Å². The monoisotopic (exact) mass is 295 g/mol. The molecular formula is C14H18FN3O3. The molecule has 0 saturated carbocycles. The van der Waals surface area contributed by atoms with Crippen molar-refractivity contribution in [3.05, 3.63) is 35.6 Å². The van der Waals surface area contributed by atoms with Crippen LogP contribution in [-0.4, -0.2) is 47.1 Å². The summed E-state index contributed by atoms with van der Waals surface area (Å²) in [5.41, 5.74) is 4.85. The number of carboxylic acid groups (broad SMARTS) is 1. The maximum absolute atomic E-state index is 13.4. The van der Waals surface area contributed by atoms with Crippen LogP contribution < -0.4 is 11.1 Å². The summed E-state index contributed by atoms with van der Waals surface area (Å²) in [4.78, 5) is 24.5.